The van der Waals surface area contributed by atoms with Gasteiger partial charge in [-0.2, -0.15) is 0 Å². The summed E-state index contributed by atoms with van der Waals surface area (Å²) in [4.78, 5) is 4.83. The Labute approximate surface area is 183 Å². The number of benzene rings is 2. The molecular formula is C26H40O4. The average Bonchev–Trinajstić information content (AvgIpc) is 2.81. The highest BCUT2D eigenvalue weighted by Gasteiger charge is 2.28. The van der Waals surface area contributed by atoms with E-state index in [0.717, 1.165) is 35.8 Å². The Bertz CT molecular complexity index is 658. The highest BCUT2D eigenvalue weighted by molar-refractivity contribution is 5.29. The van der Waals surface area contributed by atoms with Crippen LogP contribution in [0.3, 0.4) is 0 Å². The molecule has 1 aliphatic rings. The normalized spacial score (nSPS) is 18.8. The van der Waals surface area contributed by atoms with Gasteiger partial charge in [0, 0.05) is 0 Å². The molecule has 0 amide bonds. The molecule has 168 valence electrons. The number of aryl methyl sites for hydroxylation is 1. The first kappa shape index (κ1) is 26.0. The van der Waals surface area contributed by atoms with Gasteiger partial charge in [0.15, 0.2) is 0 Å². The van der Waals surface area contributed by atoms with Gasteiger partial charge < -0.3 is 9.47 Å². The highest BCUT2D eigenvalue weighted by Crippen LogP contribution is 2.38. The Morgan fingerprint density at radius 2 is 1.27 bits per heavy atom. The molecular weight excluding hydrogens is 376 g/mol. The molecule has 1 saturated carbocycles. The van der Waals surface area contributed by atoms with Crippen molar-refractivity contribution < 1.29 is 19.6 Å². The molecule has 4 heteroatoms. The van der Waals surface area contributed by atoms with Gasteiger partial charge in [0.2, 0.25) is 6.79 Å². The van der Waals surface area contributed by atoms with Crippen molar-refractivity contribution >= 4 is 0 Å². The standard InChI is InChI=1S/C22H28O4.2C2H6/c1-16-3-7-18(8-4-16)22(26-23)19-9-13-21(14-10-19)25-15-24-20-11-5-17(2)6-12-20;2*1-2/h5-6,9-14,16,18,22-23H,3-4,7-8,15H2,1-2H3;2*1-2H3. The van der Waals surface area contributed by atoms with E-state index in [2.05, 4.69) is 6.92 Å². The van der Waals surface area contributed by atoms with Crippen LogP contribution in [0.2, 0.25) is 0 Å². The van der Waals surface area contributed by atoms with E-state index in [1.54, 1.807) is 0 Å². The lowest BCUT2D eigenvalue weighted by atomic mass is 9.78. The van der Waals surface area contributed by atoms with Crippen LogP contribution in [-0.2, 0) is 4.89 Å². The molecule has 1 atom stereocenters. The summed E-state index contributed by atoms with van der Waals surface area (Å²) in [6, 6.07) is 15.6. The minimum atomic E-state index is -0.264. The zero-order chi connectivity index (χ0) is 22.4. The Morgan fingerprint density at radius 1 is 0.800 bits per heavy atom. The van der Waals surface area contributed by atoms with Crippen LogP contribution >= 0.6 is 0 Å². The Morgan fingerprint density at radius 3 is 1.73 bits per heavy atom. The molecule has 0 aliphatic heterocycles. The molecule has 1 aliphatic carbocycles. The second-order valence-corrected chi connectivity index (χ2v) is 7.33. The van der Waals surface area contributed by atoms with Gasteiger partial charge in [-0.3, -0.25) is 5.26 Å². The van der Waals surface area contributed by atoms with E-state index >= 15 is 0 Å². The fourth-order valence-electron chi connectivity index (χ4n) is 3.56. The van der Waals surface area contributed by atoms with Crippen LogP contribution in [0.25, 0.3) is 0 Å². The summed E-state index contributed by atoms with van der Waals surface area (Å²) in [5, 5.41) is 9.40. The summed E-state index contributed by atoms with van der Waals surface area (Å²) in [7, 11) is 0. The van der Waals surface area contributed by atoms with E-state index in [0.29, 0.717) is 5.92 Å². The lowest BCUT2D eigenvalue weighted by molar-refractivity contribution is -0.296. The molecule has 0 heterocycles. The second-order valence-electron chi connectivity index (χ2n) is 7.33. The maximum absolute atomic E-state index is 9.40. The largest absolute Gasteiger partial charge is 0.458 e. The third-order valence-electron chi connectivity index (χ3n) is 5.28. The van der Waals surface area contributed by atoms with E-state index in [1.807, 2.05) is 83.1 Å². The summed E-state index contributed by atoms with van der Waals surface area (Å²) in [5.41, 5.74) is 2.18. The number of ether oxygens (including phenoxy) is 2. The predicted octanol–water partition coefficient (Wildman–Crippen LogP) is 7.82. The summed E-state index contributed by atoms with van der Waals surface area (Å²) < 4.78 is 11.2. The zero-order valence-electron chi connectivity index (χ0n) is 19.6. The van der Waals surface area contributed by atoms with Gasteiger partial charge in [-0.15, -0.1) is 0 Å². The van der Waals surface area contributed by atoms with E-state index in [9.17, 15) is 5.26 Å². The minimum absolute atomic E-state index is 0.156. The van der Waals surface area contributed by atoms with Gasteiger partial charge in [-0.05, 0) is 61.4 Å². The molecule has 30 heavy (non-hydrogen) atoms. The molecule has 0 spiro atoms. The second kappa shape index (κ2) is 14.9. The molecule has 1 unspecified atom stereocenters. The van der Waals surface area contributed by atoms with Crippen molar-refractivity contribution in [2.75, 3.05) is 6.79 Å². The number of rotatable bonds is 7. The van der Waals surface area contributed by atoms with Crippen molar-refractivity contribution in [1.29, 1.82) is 0 Å². The molecule has 0 aromatic heterocycles. The lowest BCUT2D eigenvalue weighted by Gasteiger charge is -2.31. The third kappa shape index (κ3) is 8.37. The molecule has 3 rings (SSSR count). The van der Waals surface area contributed by atoms with Gasteiger partial charge in [0.05, 0.1) is 0 Å². The molecule has 2 aromatic carbocycles. The first-order chi connectivity index (χ1) is 14.7. The van der Waals surface area contributed by atoms with Crippen molar-refractivity contribution in [3.05, 3.63) is 59.7 Å². The van der Waals surface area contributed by atoms with Crippen LogP contribution in [0.15, 0.2) is 48.5 Å². The SMILES string of the molecule is CC.CC.Cc1ccc(OCOc2ccc(C(OO)C3CCC(C)CC3)cc2)cc1. The Hall–Kier alpha value is -2.04. The van der Waals surface area contributed by atoms with Gasteiger partial charge >= 0.3 is 0 Å². The van der Waals surface area contributed by atoms with Crippen LogP contribution in [0.4, 0.5) is 0 Å². The van der Waals surface area contributed by atoms with Crippen LogP contribution in [0.1, 0.15) is 77.5 Å². The zero-order valence-corrected chi connectivity index (χ0v) is 19.6. The highest BCUT2D eigenvalue weighted by atomic mass is 17.1. The summed E-state index contributed by atoms with van der Waals surface area (Å²) in [6.45, 7) is 12.5. The van der Waals surface area contributed by atoms with Gasteiger partial charge in [-0.1, -0.05) is 77.3 Å². The van der Waals surface area contributed by atoms with E-state index in [4.69, 9.17) is 14.4 Å². The molecule has 2 aromatic rings. The van der Waals surface area contributed by atoms with Crippen LogP contribution in [0, 0.1) is 18.8 Å². The maximum Gasteiger partial charge on any atom is 0.230 e. The first-order valence-corrected chi connectivity index (χ1v) is 11.4. The fraction of sp³-hybridized carbons (Fsp3) is 0.538. The van der Waals surface area contributed by atoms with E-state index in [1.165, 1.54) is 18.4 Å². The van der Waals surface area contributed by atoms with Crippen molar-refractivity contribution in [1.82, 2.24) is 0 Å². The van der Waals surface area contributed by atoms with Crippen LogP contribution < -0.4 is 9.47 Å². The van der Waals surface area contributed by atoms with Crippen molar-refractivity contribution in [2.45, 2.75) is 73.3 Å². The van der Waals surface area contributed by atoms with E-state index in [-0.39, 0.29) is 12.9 Å². The quantitative estimate of drug-likeness (QED) is 0.284. The van der Waals surface area contributed by atoms with Gasteiger partial charge in [0.25, 0.3) is 0 Å². The summed E-state index contributed by atoms with van der Waals surface area (Å²) in [6.07, 6.45) is 4.31. The molecule has 0 bridgehead atoms. The minimum Gasteiger partial charge on any atom is -0.458 e. The topological polar surface area (TPSA) is 47.9 Å². The monoisotopic (exact) mass is 416 g/mol. The Balaban J connectivity index is 0.00000106. The van der Waals surface area contributed by atoms with Gasteiger partial charge in [-0.25, -0.2) is 4.89 Å². The van der Waals surface area contributed by atoms with Crippen LogP contribution in [-0.4, -0.2) is 12.1 Å². The van der Waals surface area contributed by atoms with Crippen molar-refractivity contribution in [3.63, 3.8) is 0 Å². The van der Waals surface area contributed by atoms with E-state index < -0.39 is 0 Å². The smallest absolute Gasteiger partial charge is 0.230 e. The molecule has 1 fully saturated rings. The van der Waals surface area contributed by atoms with Crippen molar-refractivity contribution in [3.8, 4) is 11.5 Å². The first-order valence-electron chi connectivity index (χ1n) is 11.4. The number of hydrogen-bond acceptors (Lipinski definition) is 4. The summed E-state index contributed by atoms with van der Waals surface area (Å²) in [5.74, 6) is 2.66. The predicted molar refractivity (Wildman–Crippen MR) is 124 cm³/mol. The maximum atomic E-state index is 9.40. The number of hydrogen-bond donors (Lipinski definition) is 1. The molecule has 1 N–H and O–H groups in total. The fourth-order valence-corrected chi connectivity index (χ4v) is 3.56. The summed E-state index contributed by atoms with van der Waals surface area (Å²) >= 11 is 0. The van der Waals surface area contributed by atoms with Gasteiger partial charge in [0.1, 0.15) is 17.6 Å². The van der Waals surface area contributed by atoms with Crippen molar-refractivity contribution in [2.24, 2.45) is 11.8 Å². The van der Waals surface area contributed by atoms with Crippen LogP contribution in [0.5, 0.6) is 11.5 Å². The average molecular weight is 417 g/mol. The molecule has 0 radical (unpaired) electrons. The lowest BCUT2D eigenvalue weighted by Crippen LogP contribution is -2.21. The molecule has 0 saturated heterocycles. The Kier molecular flexibility index (Phi) is 12.9. The third-order valence-corrected chi connectivity index (χ3v) is 5.28. The molecule has 4 nitrogen and oxygen atoms in total.